The van der Waals surface area contributed by atoms with Gasteiger partial charge in [-0.1, -0.05) is 17.7 Å². The maximum atomic E-state index is 6.34. The van der Waals surface area contributed by atoms with Crippen molar-refractivity contribution in [1.29, 1.82) is 0 Å². The zero-order valence-electron chi connectivity index (χ0n) is 10.5. The molecule has 18 heavy (non-hydrogen) atoms. The van der Waals surface area contributed by atoms with Crippen LogP contribution in [0.2, 0.25) is 5.02 Å². The van der Waals surface area contributed by atoms with E-state index in [-0.39, 0.29) is 18.0 Å². The minimum absolute atomic E-state index is 0. The second-order valence-corrected chi connectivity index (χ2v) is 5.31. The first-order valence-corrected chi connectivity index (χ1v) is 6.23. The molecular weight excluding hydrogens is 273 g/mol. The SMILES string of the molecule is COc1ccc2c(c1Cl)COC1(C)CNCC21.Cl. The average molecular weight is 290 g/mol. The topological polar surface area (TPSA) is 30.5 Å². The summed E-state index contributed by atoms with van der Waals surface area (Å²) in [7, 11) is 1.64. The molecule has 0 saturated carbocycles. The summed E-state index contributed by atoms with van der Waals surface area (Å²) < 4.78 is 11.2. The number of fused-ring (bicyclic) bond motifs is 3. The van der Waals surface area contributed by atoms with Crippen molar-refractivity contribution < 1.29 is 9.47 Å². The van der Waals surface area contributed by atoms with Gasteiger partial charge < -0.3 is 14.8 Å². The molecule has 1 saturated heterocycles. The van der Waals surface area contributed by atoms with Gasteiger partial charge in [0.05, 0.1) is 24.3 Å². The largest absolute Gasteiger partial charge is 0.495 e. The van der Waals surface area contributed by atoms with Gasteiger partial charge >= 0.3 is 0 Å². The lowest BCUT2D eigenvalue weighted by atomic mass is 9.81. The third kappa shape index (κ3) is 1.90. The van der Waals surface area contributed by atoms with Crippen molar-refractivity contribution in [3.05, 3.63) is 28.3 Å². The van der Waals surface area contributed by atoms with E-state index in [0.29, 0.717) is 17.5 Å². The van der Waals surface area contributed by atoms with E-state index in [0.717, 1.165) is 24.4 Å². The van der Waals surface area contributed by atoms with E-state index in [1.807, 2.05) is 6.07 Å². The smallest absolute Gasteiger partial charge is 0.137 e. The van der Waals surface area contributed by atoms with Crippen molar-refractivity contribution in [2.24, 2.45) is 0 Å². The van der Waals surface area contributed by atoms with Gasteiger partial charge in [-0.25, -0.2) is 0 Å². The molecule has 1 aromatic carbocycles. The van der Waals surface area contributed by atoms with Crippen molar-refractivity contribution in [3.8, 4) is 5.75 Å². The summed E-state index contributed by atoms with van der Waals surface area (Å²) in [6.07, 6.45) is 0. The van der Waals surface area contributed by atoms with Gasteiger partial charge in [0.25, 0.3) is 0 Å². The number of hydrogen-bond acceptors (Lipinski definition) is 3. The van der Waals surface area contributed by atoms with E-state index < -0.39 is 0 Å². The molecule has 1 aromatic rings. The monoisotopic (exact) mass is 289 g/mol. The molecule has 2 aliphatic rings. The summed E-state index contributed by atoms with van der Waals surface area (Å²) in [6, 6.07) is 4.07. The number of ether oxygens (including phenoxy) is 2. The van der Waals surface area contributed by atoms with Crippen LogP contribution in [0.25, 0.3) is 0 Å². The highest BCUT2D eigenvalue weighted by molar-refractivity contribution is 6.33. The third-order valence-electron chi connectivity index (χ3n) is 3.95. The van der Waals surface area contributed by atoms with Gasteiger partial charge in [0, 0.05) is 24.6 Å². The maximum Gasteiger partial charge on any atom is 0.137 e. The fraction of sp³-hybridized carbons (Fsp3) is 0.538. The highest BCUT2D eigenvalue weighted by atomic mass is 35.5. The van der Waals surface area contributed by atoms with Crippen LogP contribution in [0.15, 0.2) is 12.1 Å². The van der Waals surface area contributed by atoms with E-state index in [1.165, 1.54) is 5.56 Å². The molecule has 3 nitrogen and oxygen atoms in total. The minimum atomic E-state index is -0.0923. The molecule has 100 valence electrons. The number of benzene rings is 1. The molecule has 2 aliphatic heterocycles. The third-order valence-corrected chi connectivity index (χ3v) is 4.36. The minimum Gasteiger partial charge on any atom is -0.495 e. The molecule has 3 rings (SSSR count). The Labute approximate surface area is 118 Å². The van der Waals surface area contributed by atoms with Crippen LogP contribution in [0, 0.1) is 0 Å². The first kappa shape index (κ1) is 13.9. The fourth-order valence-electron chi connectivity index (χ4n) is 2.88. The van der Waals surface area contributed by atoms with Crippen LogP contribution in [0.1, 0.15) is 24.0 Å². The molecule has 0 spiro atoms. The Hall–Kier alpha value is -0.480. The standard InChI is InChI=1S/C13H16ClNO2.ClH/c1-13-7-15-5-10(13)8-3-4-11(16-2)12(14)9(8)6-17-13;/h3-4,10,15H,5-7H2,1-2H3;1H. The molecule has 2 atom stereocenters. The van der Waals surface area contributed by atoms with E-state index in [1.54, 1.807) is 7.11 Å². The number of rotatable bonds is 1. The predicted octanol–water partition coefficient (Wildman–Crippen LogP) is 2.75. The Kier molecular flexibility index (Phi) is 3.79. The van der Waals surface area contributed by atoms with Crippen LogP contribution in [-0.4, -0.2) is 25.8 Å². The first-order chi connectivity index (χ1) is 8.15. The van der Waals surface area contributed by atoms with Crippen LogP contribution in [0.3, 0.4) is 0 Å². The van der Waals surface area contributed by atoms with Gasteiger partial charge in [0.15, 0.2) is 0 Å². The lowest BCUT2D eigenvalue weighted by molar-refractivity contribution is -0.0517. The van der Waals surface area contributed by atoms with E-state index >= 15 is 0 Å². The first-order valence-electron chi connectivity index (χ1n) is 5.85. The van der Waals surface area contributed by atoms with Gasteiger partial charge in [-0.2, -0.15) is 0 Å². The highest BCUT2D eigenvalue weighted by Crippen LogP contribution is 2.45. The van der Waals surface area contributed by atoms with Crippen LogP contribution >= 0.6 is 24.0 Å². The number of nitrogens with one attached hydrogen (secondary N) is 1. The summed E-state index contributed by atoms with van der Waals surface area (Å²) in [5, 5.41) is 4.09. The predicted molar refractivity (Wildman–Crippen MR) is 74.1 cm³/mol. The van der Waals surface area contributed by atoms with E-state index in [4.69, 9.17) is 21.1 Å². The fourth-order valence-corrected chi connectivity index (χ4v) is 3.18. The molecule has 0 bridgehead atoms. The van der Waals surface area contributed by atoms with Gasteiger partial charge in [-0.3, -0.25) is 0 Å². The Morgan fingerprint density at radius 1 is 1.50 bits per heavy atom. The molecule has 2 unspecified atom stereocenters. The van der Waals surface area contributed by atoms with Crippen molar-refractivity contribution in [1.82, 2.24) is 5.32 Å². The lowest BCUT2D eigenvalue weighted by Crippen LogP contribution is -2.39. The molecular formula is C13H17Cl2NO2. The van der Waals surface area contributed by atoms with Gasteiger partial charge in [-0.05, 0) is 18.6 Å². The lowest BCUT2D eigenvalue weighted by Gasteiger charge is -2.37. The zero-order valence-corrected chi connectivity index (χ0v) is 12.0. The number of methoxy groups -OCH3 is 1. The summed E-state index contributed by atoms with van der Waals surface area (Å²) in [5.41, 5.74) is 2.29. The van der Waals surface area contributed by atoms with Crippen LogP contribution < -0.4 is 10.1 Å². The zero-order chi connectivity index (χ0) is 12.0. The van der Waals surface area contributed by atoms with Gasteiger partial charge in [0.1, 0.15) is 5.75 Å². The summed E-state index contributed by atoms with van der Waals surface area (Å²) in [5.74, 6) is 1.11. The van der Waals surface area contributed by atoms with Crippen molar-refractivity contribution in [2.45, 2.75) is 25.0 Å². The Morgan fingerprint density at radius 2 is 2.28 bits per heavy atom. The van der Waals surface area contributed by atoms with Gasteiger partial charge in [0.2, 0.25) is 0 Å². The molecule has 0 aromatic heterocycles. The van der Waals surface area contributed by atoms with E-state index in [9.17, 15) is 0 Å². The molecule has 0 aliphatic carbocycles. The van der Waals surface area contributed by atoms with Crippen molar-refractivity contribution in [2.75, 3.05) is 20.2 Å². The number of hydrogen-bond donors (Lipinski definition) is 1. The van der Waals surface area contributed by atoms with E-state index in [2.05, 4.69) is 18.3 Å². The molecule has 5 heteroatoms. The Morgan fingerprint density at radius 3 is 3.00 bits per heavy atom. The van der Waals surface area contributed by atoms with Crippen LogP contribution in [0.5, 0.6) is 5.75 Å². The highest BCUT2D eigenvalue weighted by Gasteiger charge is 2.45. The van der Waals surface area contributed by atoms with Crippen LogP contribution in [0.4, 0.5) is 0 Å². The van der Waals surface area contributed by atoms with Crippen molar-refractivity contribution >= 4 is 24.0 Å². The maximum absolute atomic E-state index is 6.34. The Bertz CT molecular complexity index is 467. The molecule has 0 amide bonds. The second-order valence-electron chi connectivity index (χ2n) is 4.93. The molecule has 1 fully saturated rings. The second kappa shape index (κ2) is 4.89. The summed E-state index contributed by atoms with van der Waals surface area (Å²) in [4.78, 5) is 0. The number of halogens is 2. The van der Waals surface area contributed by atoms with Crippen LogP contribution in [-0.2, 0) is 11.3 Å². The van der Waals surface area contributed by atoms with Gasteiger partial charge in [-0.15, -0.1) is 12.4 Å². The normalized spacial score (nSPS) is 29.2. The average Bonchev–Trinajstić information content (AvgIpc) is 2.71. The summed E-state index contributed by atoms with van der Waals surface area (Å²) >= 11 is 6.34. The molecule has 2 heterocycles. The Balaban J connectivity index is 0.00000120. The molecule has 0 radical (unpaired) electrons. The molecule has 1 N–H and O–H groups in total. The van der Waals surface area contributed by atoms with Crippen molar-refractivity contribution in [3.63, 3.8) is 0 Å². The quantitative estimate of drug-likeness (QED) is 0.862. The summed E-state index contributed by atoms with van der Waals surface area (Å²) in [6.45, 7) is 4.59.